The second kappa shape index (κ2) is 8.31. The van der Waals surface area contributed by atoms with Crippen molar-refractivity contribution in [1.29, 1.82) is 0 Å². The zero-order valence-electron chi connectivity index (χ0n) is 15.6. The quantitative estimate of drug-likeness (QED) is 0.602. The van der Waals surface area contributed by atoms with Gasteiger partial charge in [-0.3, -0.25) is 4.79 Å². The lowest BCUT2D eigenvalue weighted by Crippen LogP contribution is -2.51. The lowest BCUT2D eigenvalue weighted by Gasteiger charge is -2.35. The first kappa shape index (κ1) is 19.9. The molecule has 2 atom stereocenters. The highest BCUT2D eigenvalue weighted by molar-refractivity contribution is 5.89. The maximum Gasteiger partial charge on any atom is 0.486 e. The number of piperidine rings is 1. The fraction of sp³-hybridized carbons (Fsp3) is 0.526. The van der Waals surface area contributed by atoms with Crippen LogP contribution in [0.15, 0.2) is 30.3 Å². The molecule has 2 rings (SSSR count). The standard InChI is InChI=1S/C19H25NO6/c1-19(2,3)25-18(23)15-11-10-14(16(21)24-4)12-20(15)26-17(22)13-8-6-5-7-9-13/h5-9,14-15H,10-12H2,1-4H3/p+1/t14-,15-/m0/s1. The molecule has 1 aromatic carbocycles. The van der Waals surface area contributed by atoms with Crippen molar-refractivity contribution in [2.45, 2.75) is 45.3 Å². The fourth-order valence-corrected chi connectivity index (χ4v) is 2.75. The van der Waals surface area contributed by atoms with Crippen LogP contribution in [0, 0.1) is 5.92 Å². The molecule has 0 aromatic heterocycles. The fourth-order valence-electron chi connectivity index (χ4n) is 2.75. The van der Waals surface area contributed by atoms with E-state index in [4.69, 9.17) is 14.3 Å². The maximum atomic E-state index is 12.5. The number of carbonyl (C=O) groups excluding carboxylic acids is 3. The molecule has 1 N–H and O–H groups in total. The van der Waals surface area contributed by atoms with Gasteiger partial charge in [0, 0.05) is 0 Å². The molecule has 142 valence electrons. The number of hydrogen-bond donors (Lipinski definition) is 0. The molecule has 1 aliphatic rings. The van der Waals surface area contributed by atoms with Crippen LogP contribution in [0.2, 0.25) is 0 Å². The van der Waals surface area contributed by atoms with Gasteiger partial charge in [0.2, 0.25) is 0 Å². The molecule has 1 heterocycles. The first-order valence-corrected chi connectivity index (χ1v) is 8.58. The van der Waals surface area contributed by atoms with Crippen LogP contribution < -0.4 is 0 Å². The zero-order valence-corrected chi connectivity index (χ0v) is 15.6. The van der Waals surface area contributed by atoms with Gasteiger partial charge in [0.1, 0.15) is 17.6 Å². The molecule has 0 spiro atoms. The Bertz CT molecular complexity index is 652. The van der Waals surface area contributed by atoms with Crippen molar-refractivity contribution in [3.8, 4) is 0 Å². The molecule has 1 fully saturated rings. The summed E-state index contributed by atoms with van der Waals surface area (Å²) in [6, 6.07) is 7.78. The minimum atomic E-state index is -0.734. The van der Waals surface area contributed by atoms with Crippen LogP contribution in [-0.4, -0.2) is 53.1 Å². The smallest absolute Gasteiger partial charge is 0.459 e. The Morgan fingerprint density at radius 3 is 2.38 bits per heavy atom. The van der Waals surface area contributed by atoms with E-state index in [1.165, 1.54) is 12.2 Å². The van der Waals surface area contributed by atoms with E-state index >= 15 is 0 Å². The van der Waals surface area contributed by atoms with E-state index in [9.17, 15) is 14.4 Å². The summed E-state index contributed by atoms with van der Waals surface area (Å²) in [6.07, 6.45) is 0.887. The van der Waals surface area contributed by atoms with Gasteiger partial charge in [-0.15, -0.1) is 5.06 Å². The Hall–Kier alpha value is -2.41. The van der Waals surface area contributed by atoms with Gasteiger partial charge in [0.15, 0.2) is 7.11 Å². The van der Waals surface area contributed by atoms with Crippen molar-refractivity contribution in [2.75, 3.05) is 13.7 Å². The van der Waals surface area contributed by atoms with Crippen LogP contribution in [0.3, 0.4) is 0 Å². The first-order valence-electron chi connectivity index (χ1n) is 8.58. The van der Waals surface area contributed by atoms with Crippen LogP contribution in [-0.2, 0) is 19.1 Å². The highest BCUT2D eigenvalue weighted by atomic mass is 16.7. The lowest BCUT2D eigenvalue weighted by molar-refractivity contribution is -0.194. The maximum absolute atomic E-state index is 12.5. The van der Waals surface area contributed by atoms with Gasteiger partial charge in [0.05, 0.1) is 12.1 Å². The van der Waals surface area contributed by atoms with E-state index in [2.05, 4.69) is 0 Å². The van der Waals surface area contributed by atoms with Crippen molar-refractivity contribution in [3.63, 3.8) is 0 Å². The Morgan fingerprint density at radius 1 is 1.15 bits per heavy atom. The number of esters is 2. The molecule has 0 saturated carbocycles. The molecule has 7 heteroatoms. The van der Waals surface area contributed by atoms with Crippen LogP contribution in [0.5, 0.6) is 0 Å². The van der Waals surface area contributed by atoms with Gasteiger partial charge in [-0.05, 0) is 45.7 Å². The molecular weight excluding hydrogens is 338 g/mol. The number of hydrogen-bond acceptors (Lipinski definition) is 6. The second-order valence-electron chi connectivity index (χ2n) is 7.21. The molecule has 0 radical (unpaired) electrons. The summed E-state index contributed by atoms with van der Waals surface area (Å²) in [5, 5.41) is 1.28. The number of benzene rings is 1. The Balaban J connectivity index is 2.16. The molecule has 0 bridgehead atoms. The molecule has 7 nitrogen and oxygen atoms in total. The van der Waals surface area contributed by atoms with Crippen LogP contribution >= 0.6 is 0 Å². The van der Waals surface area contributed by atoms with Crippen LogP contribution in [0.25, 0.3) is 0 Å². The SMILES string of the molecule is COC(=[OH+])[C@H]1CC[C@@H](C(=O)OC(C)(C)C)N(OC(=O)c2ccccc2)C1. The molecule has 0 amide bonds. The van der Waals surface area contributed by atoms with Crippen molar-refractivity contribution in [2.24, 2.45) is 5.92 Å². The molecule has 1 aliphatic heterocycles. The van der Waals surface area contributed by atoms with Crippen LogP contribution in [0.1, 0.15) is 44.0 Å². The Labute approximate surface area is 153 Å². The van der Waals surface area contributed by atoms with E-state index < -0.39 is 23.6 Å². The van der Waals surface area contributed by atoms with E-state index in [1.54, 1.807) is 51.1 Å². The van der Waals surface area contributed by atoms with Crippen molar-refractivity contribution < 1.29 is 28.7 Å². The Morgan fingerprint density at radius 2 is 1.81 bits per heavy atom. The summed E-state index contributed by atoms with van der Waals surface area (Å²) in [4.78, 5) is 40.3. The summed E-state index contributed by atoms with van der Waals surface area (Å²) < 4.78 is 10.3. The first-order chi connectivity index (χ1) is 12.2. The third-order valence-electron chi connectivity index (χ3n) is 3.98. The highest BCUT2D eigenvalue weighted by Crippen LogP contribution is 2.26. The second-order valence-corrected chi connectivity index (χ2v) is 7.21. The monoisotopic (exact) mass is 364 g/mol. The number of ether oxygens (including phenoxy) is 2. The summed E-state index contributed by atoms with van der Waals surface area (Å²) in [5.41, 5.74) is -0.276. The largest absolute Gasteiger partial charge is 0.486 e. The summed E-state index contributed by atoms with van der Waals surface area (Å²) in [5.74, 6) is -1.54. The predicted molar refractivity (Wildman–Crippen MR) is 94.9 cm³/mol. The van der Waals surface area contributed by atoms with Gasteiger partial charge < -0.3 is 19.1 Å². The van der Waals surface area contributed by atoms with Crippen LogP contribution in [0.4, 0.5) is 0 Å². The minimum Gasteiger partial charge on any atom is -0.459 e. The topological polar surface area (TPSA) is 86.5 Å². The third-order valence-corrected chi connectivity index (χ3v) is 3.98. The van der Waals surface area contributed by atoms with Crippen molar-refractivity contribution in [3.05, 3.63) is 35.9 Å². The molecule has 0 aliphatic carbocycles. The number of rotatable bonds is 4. The average Bonchev–Trinajstić information content (AvgIpc) is 2.60. The van der Waals surface area contributed by atoms with E-state index in [-0.39, 0.29) is 18.4 Å². The molecule has 1 aromatic rings. The van der Waals surface area contributed by atoms with Gasteiger partial charge in [-0.25, -0.2) is 4.79 Å². The summed E-state index contributed by atoms with van der Waals surface area (Å²) >= 11 is 0. The van der Waals surface area contributed by atoms with Crippen molar-refractivity contribution in [1.82, 2.24) is 5.06 Å². The number of hydroxylamine groups is 2. The highest BCUT2D eigenvalue weighted by Gasteiger charge is 2.43. The number of carbonyl (C=O) groups is 2. The van der Waals surface area contributed by atoms with Gasteiger partial charge in [-0.1, -0.05) is 18.2 Å². The van der Waals surface area contributed by atoms with Gasteiger partial charge in [0.25, 0.3) is 0 Å². The normalized spacial score (nSPS) is 20.9. The van der Waals surface area contributed by atoms with Crippen molar-refractivity contribution >= 4 is 17.9 Å². The third kappa shape index (κ3) is 5.29. The molecule has 1 saturated heterocycles. The van der Waals surface area contributed by atoms with Gasteiger partial charge >= 0.3 is 17.9 Å². The number of methoxy groups -OCH3 is 1. The number of nitrogens with zero attached hydrogens (tertiary/aromatic N) is 1. The summed E-state index contributed by atoms with van der Waals surface area (Å²) in [6.45, 7) is 5.48. The lowest BCUT2D eigenvalue weighted by atomic mass is 9.94. The van der Waals surface area contributed by atoms with E-state index in [0.717, 1.165) is 0 Å². The summed E-state index contributed by atoms with van der Waals surface area (Å²) in [7, 11) is 1.37. The molecule has 0 unspecified atom stereocenters. The molecule has 26 heavy (non-hydrogen) atoms. The zero-order chi connectivity index (χ0) is 19.3. The van der Waals surface area contributed by atoms with E-state index in [0.29, 0.717) is 18.4 Å². The van der Waals surface area contributed by atoms with Gasteiger partial charge in [-0.2, -0.15) is 0 Å². The minimum absolute atomic E-state index is 0.141. The van der Waals surface area contributed by atoms with E-state index in [1.807, 2.05) is 0 Å². The molecular formula is C19H26NO6+. The predicted octanol–water partition coefficient (Wildman–Crippen LogP) is 2.33. The Kier molecular flexibility index (Phi) is 6.37. The average molecular weight is 364 g/mol.